The fraction of sp³-hybridized carbons (Fsp3) is 0.889. The molecule has 0 aliphatic carbocycles. The zero-order chi connectivity index (χ0) is 21.7. The second kappa shape index (κ2) is 20.1. The van der Waals surface area contributed by atoms with Crippen LogP contribution in [0.1, 0.15) is 148 Å². The number of aliphatic hydroxyl groups is 1. The lowest BCUT2D eigenvalue weighted by Gasteiger charge is -2.21. The Labute approximate surface area is 188 Å². The molecule has 0 fully saturated rings. The van der Waals surface area contributed by atoms with Crippen molar-refractivity contribution in [3.63, 3.8) is 0 Å². The quantitative estimate of drug-likeness (QED) is 0.191. The minimum absolute atomic E-state index is 0.179. The summed E-state index contributed by atoms with van der Waals surface area (Å²) in [5.74, 6) is 0. The van der Waals surface area contributed by atoms with Crippen molar-refractivity contribution in [2.75, 3.05) is 0 Å². The zero-order valence-corrected chi connectivity index (χ0v) is 20.4. The molecule has 1 rings (SSSR count). The highest BCUT2D eigenvalue weighted by Crippen LogP contribution is 2.21. The fourth-order valence-electron chi connectivity index (χ4n) is 4.54. The molecule has 1 aromatic rings. The van der Waals surface area contributed by atoms with Gasteiger partial charge in [-0.3, -0.25) is 0 Å². The fourth-order valence-corrected chi connectivity index (χ4v) is 4.54. The van der Waals surface area contributed by atoms with E-state index >= 15 is 0 Å². The Morgan fingerprint density at radius 1 is 0.667 bits per heavy atom. The topological polar surface area (TPSA) is 38.0 Å². The molecule has 3 heteroatoms. The van der Waals surface area contributed by atoms with E-state index in [0.717, 1.165) is 6.42 Å². The number of nitrogens with zero attached hydrogens (tertiary/aromatic N) is 2. The lowest BCUT2D eigenvalue weighted by Crippen LogP contribution is -2.20. The van der Waals surface area contributed by atoms with E-state index in [1.807, 2.05) is 19.4 Å². The largest absolute Gasteiger partial charge is 0.391 e. The van der Waals surface area contributed by atoms with Crippen LogP contribution in [0, 0.1) is 0 Å². The van der Waals surface area contributed by atoms with E-state index in [-0.39, 0.29) is 12.1 Å². The minimum Gasteiger partial charge on any atom is -0.391 e. The average Bonchev–Trinajstić information content (AvgIpc) is 3.26. The highest BCUT2D eigenvalue weighted by Gasteiger charge is 2.15. The number of aromatic nitrogens is 2. The van der Waals surface area contributed by atoms with E-state index in [0.29, 0.717) is 0 Å². The Morgan fingerprint density at radius 2 is 1.07 bits per heavy atom. The summed E-state index contributed by atoms with van der Waals surface area (Å²) in [7, 11) is 0. The highest BCUT2D eigenvalue weighted by molar-refractivity contribution is 4.83. The van der Waals surface area contributed by atoms with Crippen molar-refractivity contribution in [3.05, 3.63) is 18.7 Å². The Hall–Kier alpha value is -0.830. The summed E-state index contributed by atoms with van der Waals surface area (Å²) in [4.78, 5) is 4.11. The van der Waals surface area contributed by atoms with Crippen LogP contribution >= 0.6 is 0 Å². The molecule has 0 amide bonds. The first-order chi connectivity index (χ1) is 14.8. The van der Waals surface area contributed by atoms with Crippen LogP contribution in [-0.2, 0) is 0 Å². The summed E-state index contributed by atoms with van der Waals surface area (Å²) in [6.07, 6.45) is 33.2. The molecule has 0 saturated carbocycles. The Morgan fingerprint density at radius 3 is 1.40 bits per heavy atom. The molecule has 0 aliphatic heterocycles. The zero-order valence-electron chi connectivity index (χ0n) is 20.4. The molecule has 0 radical (unpaired) electrons. The number of aliphatic hydroxyl groups excluding tert-OH is 1. The smallest absolute Gasteiger partial charge is 0.0949 e. The maximum absolute atomic E-state index is 9.99. The summed E-state index contributed by atoms with van der Waals surface area (Å²) in [6, 6.07) is 0.179. The molecule has 30 heavy (non-hydrogen) atoms. The number of imidazole rings is 1. The monoisotopic (exact) mass is 420 g/mol. The predicted molar refractivity (Wildman–Crippen MR) is 131 cm³/mol. The molecule has 1 N–H and O–H groups in total. The SMILES string of the molecule is CCCCCCCCCCCCCCCCCCCCCC(C(C)O)n1ccnc1. The standard InChI is InChI=1S/C27H52N2O/c1-3-4-5-6-7-8-9-10-11-12-13-14-15-16-17-18-19-20-21-22-27(26(2)30)29-24-23-28-25-29/h23-27,30H,3-22H2,1-2H3. The van der Waals surface area contributed by atoms with Crippen LogP contribution < -0.4 is 0 Å². The number of unbranched alkanes of at least 4 members (excludes halogenated alkanes) is 18. The maximum atomic E-state index is 9.99. The van der Waals surface area contributed by atoms with Gasteiger partial charge >= 0.3 is 0 Å². The summed E-state index contributed by atoms with van der Waals surface area (Å²) in [5.41, 5.74) is 0. The molecular formula is C27H52N2O. The van der Waals surface area contributed by atoms with Gasteiger partial charge in [0.2, 0.25) is 0 Å². The van der Waals surface area contributed by atoms with Crippen LogP contribution in [-0.4, -0.2) is 20.8 Å². The van der Waals surface area contributed by atoms with E-state index in [4.69, 9.17) is 0 Å². The van der Waals surface area contributed by atoms with E-state index < -0.39 is 0 Å². The first kappa shape index (κ1) is 27.2. The molecule has 0 aliphatic rings. The summed E-state index contributed by atoms with van der Waals surface area (Å²) >= 11 is 0. The van der Waals surface area contributed by atoms with Crippen molar-refractivity contribution in [1.82, 2.24) is 9.55 Å². The summed E-state index contributed by atoms with van der Waals surface area (Å²) in [6.45, 7) is 4.18. The molecule has 0 bridgehead atoms. The van der Waals surface area contributed by atoms with Gasteiger partial charge in [-0.05, 0) is 13.3 Å². The van der Waals surface area contributed by atoms with Crippen molar-refractivity contribution < 1.29 is 5.11 Å². The van der Waals surface area contributed by atoms with Gasteiger partial charge in [-0.15, -0.1) is 0 Å². The molecule has 2 unspecified atom stereocenters. The van der Waals surface area contributed by atoms with E-state index in [2.05, 4.69) is 16.5 Å². The van der Waals surface area contributed by atoms with Gasteiger partial charge in [0.05, 0.1) is 18.5 Å². The molecule has 3 nitrogen and oxygen atoms in total. The lowest BCUT2D eigenvalue weighted by atomic mass is 10.0. The third kappa shape index (κ3) is 15.0. The van der Waals surface area contributed by atoms with Crippen LogP contribution in [0.2, 0.25) is 0 Å². The van der Waals surface area contributed by atoms with Crippen LogP contribution in [0.15, 0.2) is 18.7 Å². The van der Waals surface area contributed by atoms with Crippen molar-refractivity contribution in [3.8, 4) is 0 Å². The van der Waals surface area contributed by atoms with Crippen molar-refractivity contribution in [2.45, 2.75) is 154 Å². The van der Waals surface area contributed by atoms with Crippen LogP contribution in [0.25, 0.3) is 0 Å². The Balaban J connectivity index is 1.77. The van der Waals surface area contributed by atoms with Crippen LogP contribution in [0.5, 0.6) is 0 Å². The first-order valence-electron chi connectivity index (χ1n) is 13.4. The predicted octanol–water partition coefficient (Wildman–Crippen LogP) is 8.63. The summed E-state index contributed by atoms with van der Waals surface area (Å²) < 4.78 is 2.05. The third-order valence-corrected chi connectivity index (χ3v) is 6.57. The molecule has 176 valence electrons. The van der Waals surface area contributed by atoms with Gasteiger partial charge in [0.1, 0.15) is 0 Å². The van der Waals surface area contributed by atoms with Gasteiger partial charge in [-0.25, -0.2) is 4.98 Å². The molecule has 0 saturated heterocycles. The Kier molecular flexibility index (Phi) is 18.2. The lowest BCUT2D eigenvalue weighted by molar-refractivity contribution is 0.122. The minimum atomic E-state index is -0.310. The number of hydrogen-bond acceptors (Lipinski definition) is 2. The second-order valence-corrected chi connectivity index (χ2v) is 9.47. The molecule has 2 atom stereocenters. The van der Waals surface area contributed by atoms with Gasteiger partial charge in [-0.2, -0.15) is 0 Å². The van der Waals surface area contributed by atoms with E-state index in [1.54, 1.807) is 6.20 Å². The van der Waals surface area contributed by atoms with Gasteiger partial charge < -0.3 is 9.67 Å². The number of hydrogen-bond donors (Lipinski definition) is 1. The van der Waals surface area contributed by atoms with Gasteiger partial charge in [0.15, 0.2) is 0 Å². The van der Waals surface area contributed by atoms with Crippen LogP contribution in [0.4, 0.5) is 0 Å². The van der Waals surface area contributed by atoms with Crippen molar-refractivity contribution in [1.29, 1.82) is 0 Å². The van der Waals surface area contributed by atoms with Gasteiger partial charge in [0, 0.05) is 12.4 Å². The molecular weight excluding hydrogens is 368 g/mol. The highest BCUT2D eigenvalue weighted by atomic mass is 16.3. The first-order valence-corrected chi connectivity index (χ1v) is 13.4. The molecule has 1 aromatic heterocycles. The van der Waals surface area contributed by atoms with Gasteiger partial charge in [-0.1, -0.05) is 129 Å². The molecule has 0 spiro atoms. The molecule has 0 aromatic carbocycles. The van der Waals surface area contributed by atoms with Crippen molar-refractivity contribution >= 4 is 0 Å². The number of rotatable bonds is 22. The van der Waals surface area contributed by atoms with E-state index in [1.165, 1.54) is 122 Å². The van der Waals surface area contributed by atoms with Gasteiger partial charge in [0.25, 0.3) is 0 Å². The second-order valence-electron chi connectivity index (χ2n) is 9.47. The Bertz CT molecular complexity index is 444. The van der Waals surface area contributed by atoms with Crippen molar-refractivity contribution in [2.24, 2.45) is 0 Å². The molecule has 1 heterocycles. The maximum Gasteiger partial charge on any atom is 0.0949 e. The van der Waals surface area contributed by atoms with Crippen LogP contribution in [0.3, 0.4) is 0 Å². The van der Waals surface area contributed by atoms with E-state index in [9.17, 15) is 5.11 Å². The third-order valence-electron chi connectivity index (χ3n) is 6.57. The summed E-state index contributed by atoms with van der Waals surface area (Å²) in [5, 5.41) is 9.99. The average molecular weight is 421 g/mol. The normalized spacial score (nSPS) is 13.6.